The molecule has 6 nitrogen and oxygen atoms in total. The first-order valence-electron chi connectivity index (χ1n) is 6.25. The number of nitrogens with one attached hydrogen (secondary N) is 1. The fourth-order valence-electron chi connectivity index (χ4n) is 1.67. The van der Waals surface area contributed by atoms with Crippen LogP contribution in [0.3, 0.4) is 0 Å². The van der Waals surface area contributed by atoms with E-state index in [4.69, 9.17) is 5.11 Å². The first-order chi connectivity index (χ1) is 9.55. The van der Waals surface area contributed by atoms with Crippen LogP contribution in [0.4, 0.5) is 0 Å². The van der Waals surface area contributed by atoms with Crippen LogP contribution in [0.1, 0.15) is 18.1 Å². The summed E-state index contributed by atoms with van der Waals surface area (Å²) in [5, 5.41) is 8.96. The van der Waals surface area contributed by atoms with Crippen LogP contribution in [-0.2, 0) is 29.7 Å². The van der Waals surface area contributed by atoms with Gasteiger partial charge in [-0.25, -0.2) is 18.1 Å². The van der Waals surface area contributed by atoms with Gasteiger partial charge in [0.05, 0.1) is 12.9 Å². The summed E-state index contributed by atoms with van der Waals surface area (Å²) in [5.41, 5.74) is 1.61. The van der Waals surface area contributed by atoms with Gasteiger partial charge in [0.1, 0.15) is 0 Å². The van der Waals surface area contributed by atoms with E-state index in [0.717, 1.165) is 11.1 Å². The standard InChI is InChI=1S/C13H17N3O3S/c1-2-16-8-13(14-10-16)20(18,19)15-7-11-3-5-12(9-17)6-4-11/h3-6,8,10,15,17H,2,7,9H2,1H3. The number of hydrogen-bond acceptors (Lipinski definition) is 4. The Morgan fingerprint density at radius 3 is 2.45 bits per heavy atom. The van der Waals surface area contributed by atoms with Gasteiger partial charge in [-0.1, -0.05) is 24.3 Å². The molecule has 0 aliphatic carbocycles. The molecule has 0 saturated heterocycles. The Morgan fingerprint density at radius 2 is 1.90 bits per heavy atom. The first-order valence-corrected chi connectivity index (χ1v) is 7.73. The lowest BCUT2D eigenvalue weighted by atomic mass is 10.1. The van der Waals surface area contributed by atoms with Crippen molar-refractivity contribution >= 4 is 10.0 Å². The minimum absolute atomic E-state index is 0.0197. The summed E-state index contributed by atoms with van der Waals surface area (Å²) in [6.07, 6.45) is 2.99. The second kappa shape index (κ2) is 6.17. The molecule has 0 bridgehead atoms. The molecule has 1 aromatic heterocycles. The van der Waals surface area contributed by atoms with Crippen molar-refractivity contribution < 1.29 is 13.5 Å². The predicted molar refractivity (Wildman–Crippen MR) is 74.3 cm³/mol. The van der Waals surface area contributed by atoms with E-state index >= 15 is 0 Å². The molecule has 0 radical (unpaired) electrons. The number of imidazole rings is 1. The molecule has 0 saturated carbocycles. The molecule has 1 heterocycles. The summed E-state index contributed by atoms with van der Waals surface area (Å²) in [4.78, 5) is 3.88. The SMILES string of the molecule is CCn1cnc(S(=O)(=O)NCc2ccc(CO)cc2)c1. The maximum atomic E-state index is 12.0. The molecule has 0 spiro atoms. The van der Waals surface area contributed by atoms with Crippen LogP contribution < -0.4 is 4.72 Å². The maximum absolute atomic E-state index is 12.0. The normalized spacial score (nSPS) is 11.7. The number of benzene rings is 1. The lowest BCUT2D eigenvalue weighted by molar-refractivity contribution is 0.282. The van der Waals surface area contributed by atoms with Gasteiger partial charge in [0, 0.05) is 19.3 Å². The Hall–Kier alpha value is -1.70. The number of aliphatic hydroxyl groups is 1. The maximum Gasteiger partial charge on any atom is 0.259 e. The minimum atomic E-state index is -3.59. The van der Waals surface area contributed by atoms with E-state index in [1.165, 1.54) is 12.5 Å². The lowest BCUT2D eigenvalue weighted by Crippen LogP contribution is -2.23. The van der Waals surface area contributed by atoms with Crippen molar-refractivity contribution in [3.05, 3.63) is 47.9 Å². The van der Waals surface area contributed by atoms with Crippen LogP contribution in [0.15, 0.2) is 41.8 Å². The highest BCUT2D eigenvalue weighted by molar-refractivity contribution is 7.89. The number of aliphatic hydroxyl groups excluding tert-OH is 1. The van der Waals surface area contributed by atoms with Gasteiger partial charge in [0.25, 0.3) is 10.0 Å². The topological polar surface area (TPSA) is 84.2 Å². The third-order valence-corrected chi connectivity index (χ3v) is 4.21. The number of rotatable bonds is 6. The van der Waals surface area contributed by atoms with Crippen molar-refractivity contribution in [3.8, 4) is 0 Å². The zero-order valence-electron chi connectivity index (χ0n) is 11.2. The Labute approximate surface area is 118 Å². The Kier molecular flexibility index (Phi) is 4.53. The smallest absolute Gasteiger partial charge is 0.259 e. The Bertz CT molecular complexity index is 662. The van der Waals surface area contributed by atoms with Crippen LogP contribution >= 0.6 is 0 Å². The molecule has 0 aliphatic heterocycles. The molecule has 20 heavy (non-hydrogen) atoms. The summed E-state index contributed by atoms with van der Waals surface area (Å²) in [6.45, 7) is 2.74. The number of aryl methyl sites for hydroxylation is 1. The first kappa shape index (κ1) is 14.7. The summed E-state index contributed by atoms with van der Waals surface area (Å²) in [7, 11) is -3.59. The molecule has 108 valence electrons. The van der Waals surface area contributed by atoms with Gasteiger partial charge in [-0.05, 0) is 18.1 Å². The number of aromatic nitrogens is 2. The molecule has 0 amide bonds. The number of nitrogens with zero attached hydrogens (tertiary/aromatic N) is 2. The highest BCUT2D eigenvalue weighted by Crippen LogP contribution is 2.08. The summed E-state index contributed by atoms with van der Waals surface area (Å²) in [5.74, 6) is 0. The zero-order chi connectivity index (χ0) is 14.6. The molecule has 2 aromatic rings. The molecule has 7 heteroatoms. The van der Waals surface area contributed by atoms with Crippen molar-refractivity contribution in [1.29, 1.82) is 0 Å². The van der Waals surface area contributed by atoms with Gasteiger partial charge in [0.15, 0.2) is 5.03 Å². The molecule has 2 rings (SSSR count). The third kappa shape index (κ3) is 3.44. The zero-order valence-corrected chi connectivity index (χ0v) is 12.0. The van der Waals surface area contributed by atoms with E-state index in [1.807, 2.05) is 6.92 Å². The lowest BCUT2D eigenvalue weighted by Gasteiger charge is -2.05. The van der Waals surface area contributed by atoms with Crippen LogP contribution in [0.2, 0.25) is 0 Å². The van der Waals surface area contributed by atoms with Crippen molar-refractivity contribution in [2.75, 3.05) is 0 Å². The van der Waals surface area contributed by atoms with Crippen LogP contribution in [0.5, 0.6) is 0 Å². The van der Waals surface area contributed by atoms with Gasteiger partial charge < -0.3 is 9.67 Å². The van der Waals surface area contributed by atoms with Crippen molar-refractivity contribution in [2.45, 2.75) is 31.6 Å². The Balaban J connectivity index is 2.04. The van der Waals surface area contributed by atoms with Gasteiger partial charge in [0.2, 0.25) is 0 Å². The monoisotopic (exact) mass is 295 g/mol. The van der Waals surface area contributed by atoms with Crippen LogP contribution in [-0.4, -0.2) is 23.1 Å². The molecule has 1 aromatic carbocycles. The molecule has 0 fully saturated rings. The van der Waals surface area contributed by atoms with Crippen LogP contribution in [0, 0.1) is 0 Å². The summed E-state index contributed by atoms with van der Waals surface area (Å²) in [6, 6.07) is 7.07. The van der Waals surface area contributed by atoms with Gasteiger partial charge in [-0.3, -0.25) is 0 Å². The highest BCUT2D eigenvalue weighted by Gasteiger charge is 2.16. The van der Waals surface area contributed by atoms with E-state index in [-0.39, 0.29) is 18.2 Å². The molecular weight excluding hydrogens is 278 g/mol. The Morgan fingerprint density at radius 1 is 1.25 bits per heavy atom. The minimum Gasteiger partial charge on any atom is -0.392 e. The average molecular weight is 295 g/mol. The highest BCUT2D eigenvalue weighted by atomic mass is 32.2. The van der Waals surface area contributed by atoms with E-state index in [2.05, 4.69) is 9.71 Å². The van der Waals surface area contributed by atoms with Crippen LogP contribution in [0.25, 0.3) is 0 Å². The van der Waals surface area contributed by atoms with Gasteiger partial charge in [-0.15, -0.1) is 0 Å². The predicted octanol–water partition coefficient (Wildman–Crippen LogP) is 0.874. The molecular formula is C13H17N3O3S. The van der Waals surface area contributed by atoms with Gasteiger partial charge >= 0.3 is 0 Å². The molecule has 0 atom stereocenters. The second-order valence-electron chi connectivity index (χ2n) is 4.34. The van der Waals surface area contributed by atoms with E-state index < -0.39 is 10.0 Å². The molecule has 0 aliphatic rings. The van der Waals surface area contributed by atoms with Crippen molar-refractivity contribution in [2.24, 2.45) is 0 Å². The van der Waals surface area contributed by atoms with Crippen molar-refractivity contribution in [1.82, 2.24) is 14.3 Å². The molecule has 0 unspecified atom stereocenters. The summed E-state index contributed by atoms with van der Waals surface area (Å²) < 4.78 is 28.3. The fraction of sp³-hybridized carbons (Fsp3) is 0.308. The number of hydrogen-bond donors (Lipinski definition) is 2. The third-order valence-electron chi connectivity index (χ3n) is 2.92. The number of sulfonamides is 1. The van der Waals surface area contributed by atoms with Gasteiger partial charge in [-0.2, -0.15) is 0 Å². The van der Waals surface area contributed by atoms with Crippen molar-refractivity contribution in [3.63, 3.8) is 0 Å². The second-order valence-corrected chi connectivity index (χ2v) is 6.06. The quantitative estimate of drug-likeness (QED) is 0.828. The van der Waals surface area contributed by atoms with E-state index in [0.29, 0.717) is 6.54 Å². The summed E-state index contributed by atoms with van der Waals surface area (Å²) >= 11 is 0. The van der Waals surface area contributed by atoms with E-state index in [1.54, 1.807) is 28.8 Å². The largest absolute Gasteiger partial charge is 0.392 e. The fourth-order valence-corrected chi connectivity index (χ4v) is 2.63. The molecule has 2 N–H and O–H groups in total. The van der Waals surface area contributed by atoms with E-state index in [9.17, 15) is 8.42 Å². The average Bonchev–Trinajstić information content (AvgIpc) is 2.95.